The lowest BCUT2D eigenvalue weighted by Crippen LogP contribution is -2.08. The smallest absolute Gasteiger partial charge is 0.272 e. The van der Waals surface area contributed by atoms with Gasteiger partial charge in [0.2, 0.25) is 0 Å². The van der Waals surface area contributed by atoms with E-state index in [1.807, 2.05) is 0 Å². The first-order valence-electron chi connectivity index (χ1n) is 6.41. The molecule has 2 rings (SSSR count). The monoisotopic (exact) mass is 292 g/mol. The Hall–Kier alpha value is -2.50. The topological polar surface area (TPSA) is 55.2 Å². The van der Waals surface area contributed by atoms with Gasteiger partial charge in [0, 0.05) is 24.2 Å². The lowest BCUT2D eigenvalue weighted by Gasteiger charge is -2.09. The fourth-order valence-electron chi connectivity index (χ4n) is 2.01. The minimum Gasteiger partial charge on any atom is -0.382 e. The highest BCUT2D eigenvalue weighted by molar-refractivity contribution is 5.47. The second kappa shape index (κ2) is 6.30. The molecule has 1 N–H and O–H groups in total. The number of nitrogens with one attached hydrogen (secondary N) is 1. The molecule has 0 aromatic heterocycles. The first-order chi connectivity index (χ1) is 9.99. The Morgan fingerprint density at radius 2 is 1.90 bits per heavy atom. The quantitative estimate of drug-likeness (QED) is 0.673. The summed E-state index contributed by atoms with van der Waals surface area (Å²) in [6.45, 7) is 1.75. The van der Waals surface area contributed by atoms with Crippen LogP contribution in [0.5, 0.6) is 0 Å². The van der Waals surface area contributed by atoms with Crippen molar-refractivity contribution in [1.29, 1.82) is 0 Å². The molecule has 110 valence electrons. The standard InChI is InChI=1S/C15H14F2N2O2/c1-10-8-13(17)14(9-12(10)16)18-7-6-11-4-2-3-5-15(11)19(20)21/h2-5,8-9,18H,6-7H2,1H3. The Morgan fingerprint density at radius 1 is 1.19 bits per heavy atom. The molecule has 0 heterocycles. The lowest BCUT2D eigenvalue weighted by molar-refractivity contribution is -0.385. The van der Waals surface area contributed by atoms with Gasteiger partial charge >= 0.3 is 0 Å². The van der Waals surface area contributed by atoms with Gasteiger partial charge in [0.25, 0.3) is 5.69 Å². The van der Waals surface area contributed by atoms with E-state index in [-0.39, 0.29) is 23.5 Å². The number of rotatable bonds is 5. The van der Waals surface area contributed by atoms with Gasteiger partial charge in [-0.25, -0.2) is 8.78 Å². The maximum absolute atomic E-state index is 13.6. The summed E-state index contributed by atoms with van der Waals surface area (Å²) in [6, 6.07) is 8.55. The average molecular weight is 292 g/mol. The van der Waals surface area contributed by atoms with Crippen molar-refractivity contribution < 1.29 is 13.7 Å². The zero-order valence-corrected chi connectivity index (χ0v) is 11.4. The zero-order valence-electron chi connectivity index (χ0n) is 11.4. The van der Waals surface area contributed by atoms with Crippen molar-refractivity contribution in [2.45, 2.75) is 13.3 Å². The molecule has 4 nitrogen and oxygen atoms in total. The van der Waals surface area contributed by atoms with Crippen LogP contribution in [0, 0.1) is 28.7 Å². The Bertz CT molecular complexity index is 675. The molecular weight excluding hydrogens is 278 g/mol. The number of nitro groups is 1. The van der Waals surface area contributed by atoms with Crippen LogP contribution >= 0.6 is 0 Å². The molecule has 0 aliphatic heterocycles. The molecule has 0 saturated carbocycles. The molecule has 0 atom stereocenters. The summed E-state index contributed by atoms with van der Waals surface area (Å²) in [6.07, 6.45) is 0.339. The van der Waals surface area contributed by atoms with Crippen molar-refractivity contribution in [3.8, 4) is 0 Å². The number of hydrogen-bond acceptors (Lipinski definition) is 3. The molecule has 0 fully saturated rings. The van der Waals surface area contributed by atoms with Gasteiger partial charge in [0.15, 0.2) is 0 Å². The highest BCUT2D eigenvalue weighted by Crippen LogP contribution is 2.21. The minimum atomic E-state index is -0.545. The molecule has 0 bridgehead atoms. The molecule has 0 aliphatic rings. The van der Waals surface area contributed by atoms with Crippen LogP contribution in [0.4, 0.5) is 20.2 Å². The third kappa shape index (κ3) is 3.53. The molecule has 0 spiro atoms. The van der Waals surface area contributed by atoms with Crippen molar-refractivity contribution in [3.63, 3.8) is 0 Å². The van der Waals surface area contributed by atoms with Crippen molar-refractivity contribution in [2.24, 2.45) is 0 Å². The van der Waals surface area contributed by atoms with E-state index >= 15 is 0 Å². The Labute approximate surface area is 120 Å². The average Bonchev–Trinajstić information content (AvgIpc) is 2.44. The normalized spacial score (nSPS) is 10.4. The largest absolute Gasteiger partial charge is 0.382 e. The highest BCUT2D eigenvalue weighted by Gasteiger charge is 2.12. The fraction of sp³-hybridized carbons (Fsp3) is 0.200. The predicted molar refractivity (Wildman–Crippen MR) is 76.4 cm³/mol. The third-order valence-corrected chi connectivity index (χ3v) is 3.15. The number of para-hydroxylation sites is 1. The summed E-state index contributed by atoms with van der Waals surface area (Å²) in [5, 5.41) is 13.6. The predicted octanol–water partition coefficient (Wildman–Crippen LogP) is 3.84. The van der Waals surface area contributed by atoms with Crippen LogP contribution in [0.2, 0.25) is 0 Å². The molecule has 0 saturated heterocycles. The van der Waals surface area contributed by atoms with Crippen LogP contribution in [-0.4, -0.2) is 11.5 Å². The van der Waals surface area contributed by atoms with Gasteiger partial charge < -0.3 is 5.32 Å². The number of nitrogens with zero attached hydrogens (tertiary/aromatic N) is 1. The van der Waals surface area contributed by atoms with Crippen molar-refractivity contribution in [3.05, 3.63) is 69.3 Å². The van der Waals surface area contributed by atoms with Gasteiger partial charge in [-0.3, -0.25) is 10.1 Å². The van der Waals surface area contributed by atoms with Crippen LogP contribution in [0.1, 0.15) is 11.1 Å². The molecule has 21 heavy (non-hydrogen) atoms. The molecule has 6 heteroatoms. The maximum atomic E-state index is 13.6. The first-order valence-corrected chi connectivity index (χ1v) is 6.41. The van der Waals surface area contributed by atoms with Gasteiger partial charge in [0.05, 0.1) is 10.6 Å². The first kappa shape index (κ1) is 14.9. The van der Waals surface area contributed by atoms with Crippen LogP contribution in [0.15, 0.2) is 36.4 Å². The zero-order chi connectivity index (χ0) is 15.4. The van der Waals surface area contributed by atoms with Crippen molar-refractivity contribution in [1.82, 2.24) is 0 Å². The van der Waals surface area contributed by atoms with E-state index in [2.05, 4.69) is 5.32 Å². The summed E-state index contributed by atoms with van der Waals surface area (Å²) in [4.78, 5) is 10.4. The number of nitro benzene ring substituents is 1. The minimum absolute atomic E-state index is 0.0230. The molecule has 2 aromatic carbocycles. The van der Waals surface area contributed by atoms with Gasteiger partial charge in [-0.05, 0) is 25.0 Å². The van der Waals surface area contributed by atoms with E-state index in [1.165, 1.54) is 13.0 Å². The van der Waals surface area contributed by atoms with E-state index in [0.29, 0.717) is 12.0 Å². The summed E-state index contributed by atoms with van der Waals surface area (Å²) in [5.74, 6) is -1.04. The third-order valence-electron chi connectivity index (χ3n) is 3.15. The molecule has 0 amide bonds. The van der Waals surface area contributed by atoms with Crippen LogP contribution < -0.4 is 5.32 Å². The Morgan fingerprint density at radius 3 is 2.62 bits per heavy atom. The number of anilines is 1. The fourth-order valence-corrected chi connectivity index (χ4v) is 2.01. The second-order valence-corrected chi connectivity index (χ2v) is 4.64. The number of halogens is 2. The second-order valence-electron chi connectivity index (χ2n) is 4.64. The van der Waals surface area contributed by atoms with Gasteiger partial charge in [-0.15, -0.1) is 0 Å². The Kier molecular flexibility index (Phi) is 4.47. The number of hydrogen-bond donors (Lipinski definition) is 1. The molecular formula is C15H14F2N2O2. The van der Waals surface area contributed by atoms with Crippen LogP contribution in [0.3, 0.4) is 0 Å². The molecule has 0 unspecified atom stereocenters. The number of benzene rings is 2. The van der Waals surface area contributed by atoms with E-state index in [1.54, 1.807) is 18.2 Å². The summed E-state index contributed by atoms with van der Waals surface area (Å²) < 4.78 is 27.0. The van der Waals surface area contributed by atoms with E-state index in [9.17, 15) is 18.9 Å². The van der Waals surface area contributed by atoms with Gasteiger partial charge in [-0.1, -0.05) is 18.2 Å². The maximum Gasteiger partial charge on any atom is 0.272 e. The van der Waals surface area contributed by atoms with Gasteiger partial charge in [-0.2, -0.15) is 0 Å². The molecule has 2 aromatic rings. The van der Waals surface area contributed by atoms with Crippen molar-refractivity contribution in [2.75, 3.05) is 11.9 Å². The van der Waals surface area contributed by atoms with E-state index in [4.69, 9.17) is 0 Å². The van der Waals surface area contributed by atoms with Gasteiger partial charge in [0.1, 0.15) is 11.6 Å². The van der Waals surface area contributed by atoms with Crippen LogP contribution in [-0.2, 0) is 6.42 Å². The van der Waals surface area contributed by atoms with E-state index < -0.39 is 16.6 Å². The Balaban J connectivity index is 2.06. The summed E-state index contributed by atoms with van der Waals surface area (Å²) in [7, 11) is 0. The number of aryl methyl sites for hydroxylation is 1. The molecule has 0 aliphatic carbocycles. The molecule has 0 radical (unpaired) electrons. The summed E-state index contributed by atoms with van der Waals surface area (Å²) in [5.41, 5.74) is 0.853. The summed E-state index contributed by atoms with van der Waals surface area (Å²) >= 11 is 0. The van der Waals surface area contributed by atoms with Crippen LogP contribution in [0.25, 0.3) is 0 Å². The lowest BCUT2D eigenvalue weighted by atomic mass is 10.1. The SMILES string of the molecule is Cc1cc(F)c(NCCc2ccccc2[N+](=O)[O-])cc1F. The van der Waals surface area contributed by atoms with Crippen molar-refractivity contribution >= 4 is 11.4 Å². The van der Waals surface area contributed by atoms with E-state index in [0.717, 1.165) is 12.1 Å². The highest BCUT2D eigenvalue weighted by atomic mass is 19.1.